The molecule has 0 spiro atoms. The Labute approximate surface area is 156 Å². The third-order valence-corrected chi connectivity index (χ3v) is 7.57. The van der Waals surface area contributed by atoms with Crippen molar-refractivity contribution in [2.24, 2.45) is 17.8 Å². The van der Waals surface area contributed by atoms with Crippen LogP contribution in [-0.2, 0) is 10.2 Å². The monoisotopic (exact) mass is 376 g/mol. The molecule has 140 valence electrons. The van der Waals surface area contributed by atoms with Crippen LogP contribution in [0, 0.1) is 17.8 Å². The summed E-state index contributed by atoms with van der Waals surface area (Å²) in [5.41, 5.74) is 0.0721. The van der Waals surface area contributed by atoms with Crippen LogP contribution in [0.4, 0.5) is 4.79 Å². The van der Waals surface area contributed by atoms with Crippen LogP contribution in [0.1, 0.15) is 51.3 Å². The molecule has 6 rings (SSSR count). The van der Waals surface area contributed by atoms with Crippen LogP contribution in [-0.4, -0.2) is 45.4 Å². The summed E-state index contributed by atoms with van der Waals surface area (Å²) in [5.74, 6) is 3.02. The number of hydrogen-bond donors (Lipinski definition) is 1. The number of aromatic nitrogens is 2. The van der Waals surface area contributed by atoms with Crippen molar-refractivity contribution in [1.29, 1.82) is 0 Å². The Morgan fingerprint density at radius 3 is 2.46 bits per heavy atom. The maximum absolute atomic E-state index is 12.4. The Bertz CT molecular complexity index is 713. The lowest BCUT2D eigenvalue weighted by Crippen LogP contribution is -2.48. The molecule has 1 N–H and O–H groups in total. The molecule has 5 fully saturated rings. The molecule has 4 bridgehead atoms. The predicted octanol–water partition coefficient (Wildman–Crippen LogP) is 2.57. The molecular formula is C18H24N4O3S. The number of amides is 3. The van der Waals surface area contributed by atoms with Gasteiger partial charge in [0.05, 0.1) is 5.25 Å². The van der Waals surface area contributed by atoms with E-state index in [1.165, 1.54) is 55.2 Å². The second kappa shape index (κ2) is 5.97. The van der Waals surface area contributed by atoms with Gasteiger partial charge in [-0.2, -0.15) is 0 Å². The number of nitrogens with one attached hydrogen (secondary N) is 1. The van der Waals surface area contributed by atoms with E-state index in [0.29, 0.717) is 18.3 Å². The maximum Gasteiger partial charge on any atom is 0.324 e. The third kappa shape index (κ3) is 2.64. The van der Waals surface area contributed by atoms with Crippen molar-refractivity contribution in [2.45, 2.75) is 61.3 Å². The molecule has 0 aromatic carbocycles. The number of carbonyl (C=O) groups is 2. The van der Waals surface area contributed by atoms with Gasteiger partial charge in [0.15, 0.2) is 0 Å². The van der Waals surface area contributed by atoms with E-state index in [9.17, 15) is 9.59 Å². The van der Waals surface area contributed by atoms with Crippen LogP contribution in [0.25, 0.3) is 0 Å². The third-order valence-electron chi connectivity index (χ3n) is 6.65. The van der Waals surface area contributed by atoms with Gasteiger partial charge < -0.3 is 9.73 Å². The summed E-state index contributed by atoms with van der Waals surface area (Å²) in [4.78, 5) is 25.4. The van der Waals surface area contributed by atoms with Crippen molar-refractivity contribution in [1.82, 2.24) is 20.4 Å². The molecule has 0 radical (unpaired) electrons. The quantitative estimate of drug-likeness (QED) is 0.813. The van der Waals surface area contributed by atoms with Gasteiger partial charge in [0, 0.05) is 18.5 Å². The fraction of sp³-hybridized carbons (Fsp3) is 0.778. The fourth-order valence-electron chi connectivity index (χ4n) is 5.95. The summed E-state index contributed by atoms with van der Waals surface area (Å²) in [6, 6.07) is -0.317. The first kappa shape index (κ1) is 16.6. The Morgan fingerprint density at radius 2 is 1.88 bits per heavy atom. The van der Waals surface area contributed by atoms with Gasteiger partial charge in [0.1, 0.15) is 0 Å². The van der Waals surface area contributed by atoms with E-state index in [1.54, 1.807) is 6.92 Å². The Kier molecular flexibility index (Phi) is 3.81. The zero-order valence-corrected chi connectivity index (χ0v) is 15.8. The largest absolute Gasteiger partial charge is 0.415 e. The minimum Gasteiger partial charge on any atom is -0.415 e. The number of carbonyl (C=O) groups excluding carboxylic acids is 2. The molecule has 4 aliphatic carbocycles. The molecule has 1 aliphatic heterocycles. The van der Waals surface area contributed by atoms with Gasteiger partial charge in [-0.25, -0.2) is 4.79 Å². The zero-order chi connectivity index (χ0) is 17.9. The van der Waals surface area contributed by atoms with E-state index < -0.39 is 5.25 Å². The number of hydrogen-bond acceptors (Lipinski definition) is 6. The standard InChI is InChI=1S/C18H24N4O3S/c1-10(14(23)22-3-2-19-16(22)24)26-17-21-20-15(25-17)18-7-11-4-12(8-18)6-13(5-11)9-18/h10-13H,2-9H2,1H3,(H,19,24)/t10-,11?,12?,13?,18?/m0/s1. The number of imide groups is 1. The number of thioether (sulfide) groups is 1. The van der Waals surface area contributed by atoms with Crippen LogP contribution in [0.3, 0.4) is 0 Å². The SMILES string of the molecule is C[C@H](Sc1nnc(C23CC4CC(CC(C4)C2)C3)o1)C(=O)N1CCNC1=O. The highest BCUT2D eigenvalue weighted by Crippen LogP contribution is 2.60. The van der Waals surface area contributed by atoms with Gasteiger partial charge in [-0.05, 0) is 63.2 Å². The van der Waals surface area contributed by atoms with E-state index in [0.717, 1.165) is 23.6 Å². The van der Waals surface area contributed by atoms with Gasteiger partial charge in [0.2, 0.25) is 11.8 Å². The van der Waals surface area contributed by atoms with Gasteiger partial charge in [-0.15, -0.1) is 10.2 Å². The number of rotatable bonds is 4. The van der Waals surface area contributed by atoms with Crippen molar-refractivity contribution >= 4 is 23.7 Å². The molecule has 0 unspecified atom stereocenters. The highest BCUT2D eigenvalue weighted by molar-refractivity contribution is 8.00. The van der Waals surface area contributed by atoms with Crippen LogP contribution in [0.5, 0.6) is 0 Å². The normalized spacial score (nSPS) is 36.4. The molecular weight excluding hydrogens is 352 g/mol. The number of nitrogens with zero attached hydrogens (tertiary/aromatic N) is 3. The molecule has 2 heterocycles. The van der Waals surface area contributed by atoms with Crippen molar-refractivity contribution < 1.29 is 14.0 Å². The smallest absolute Gasteiger partial charge is 0.324 e. The summed E-state index contributed by atoms with van der Waals surface area (Å²) in [6.07, 6.45) is 7.64. The summed E-state index contributed by atoms with van der Waals surface area (Å²) in [6.45, 7) is 2.72. The average molecular weight is 376 g/mol. The molecule has 1 saturated heterocycles. The van der Waals surface area contributed by atoms with Crippen LogP contribution in [0.2, 0.25) is 0 Å². The first-order chi connectivity index (χ1) is 12.5. The molecule has 7 nitrogen and oxygen atoms in total. The minimum absolute atomic E-state index is 0.0721. The minimum atomic E-state index is -0.427. The van der Waals surface area contributed by atoms with Gasteiger partial charge in [0.25, 0.3) is 5.22 Å². The Morgan fingerprint density at radius 1 is 1.23 bits per heavy atom. The highest BCUT2D eigenvalue weighted by Gasteiger charge is 2.54. The molecule has 1 atom stereocenters. The molecule has 5 aliphatic rings. The lowest BCUT2D eigenvalue weighted by Gasteiger charge is -2.55. The van der Waals surface area contributed by atoms with Gasteiger partial charge in [-0.1, -0.05) is 11.8 Å². The van der Waals surface area contributed by atoms with E-state index in [-0.39, 0.29) is 17.4 Å². The van der Waals surface area contributed by atoms with E-state index in [4.69, 9.17) is 4.42 Å². The van der Waals surface area contributed by atoms with Crippen LogP contribution >= 0.6 is 11.8 Å². The first-order valence-electron chi connectivity index (χ1n) is 9.62. The second-order valence-electron chi connectivity index (χ2n) is 8.55. The molecule has 1 aromatic rings. The van der Waals surface area contributed by atoms with E-state index in [1.807, 2.05) is 0 Å². The second-order valence-corrected chi connectivity index (χ2v) is 9.84. The summed E-state index contributed by atoms with van der Waals surface area (Å²) >= 11 is 1.25. The maximum atomic E-state index is 12.4. The molecule has 1 aromatic heterocycles. The van der Waals surface area contributed by atoms with Gasteiger partial charge >= 0.3 is 6.03 Å². The summed E-state index contributed by atoms with van der Waals surface area (Å²) in [5, 5.41) is 11.3. The van der Waals surface area contributed by atoms with Crippen molar-refractivity contribution in [3.63, 3.8) is 0 Å². The van der Waals surface area contributed by atoms with Crippen LogP contribution < -0.4 is 5.32 Å². The van der Waals surface area contributed by atoms with Crippen molar-refractivity contribution in [2.75, 3.05) is 13.1 Å². The van der Waals surface area contributed by atoms with Crippen LogP contribution in [0.15, 0.2) is 9.64 Å². The zero-order valence-electron chi connectivity index (χ0n) is 14.9. The molecule has 26 heavy (non-hydrogen) atoms. The van der Waals surface area contributed by atoms with E-state index in [2.05, 4.69) is 15.5 Å². The molecule has 3 amide bonds. The van der Waals surface area contributed by atoms with Crippen molar-refractivity contribution in [3.8, 4) is 0 Å². The number of urea groups is 1. The molecule has 8 heteroatoms. The van der Waals surface area contributed by atoms with E-state index >= 15 is 0 Å². The lowest BCUT2D eigenvalue weighted by molar-refractivity contribution is -0.126. The lowest BCUT2D eigenvalue weighted by atomic mass is 9.49. The average Bonchev–Trinajstić information content (AvgIpc) is 3.22. The fourth-order valence-corrected chi connectivity index (χ4v) is 6.69. The first-order valence-corrected chi connectivity index (χ1v) is 10.5. The summed E-state index contributed by atoms with van der Waals surface area (Å²) in [7, 11) is 0. The Balaban J connectivity index is 1.30. The highest BCUT2D eigenvalue weighted by atomic mass is 32.2. The Hall–Kier alpha value is -1.57. The summed E-state index contributed by atoms with van der Waals surface area (Å²) < 4.78 is 6.05. The van der Waals surface area contributed by atoms with Gasteiger partial charge in [-0.3, -0.25) is 9.69 Å². The molecule has 4 saturated carbocycles. The topological polar surface area (TPSA) is 88.3 Å². The predicted molar refractivity (Wildman–Crippen MR) is 94.6 cm³/mol. The van der Waals surface area contributed by atoms with Crippen molar-refractivity contribution in [3.05, 3.63) is 5.89 Å².